The first kappa shape index (κ1) is 18.2. The Labute approximate surface area is 151 Å². The van der Waals surface area contributed by atoms with Crippen LogP contribution >= 0.6 is 11.8 Å². The highest BCUT2D eigenvalue weighted by Crippen LogP contribution is 2.33. The normalized spacial score (nSPS) is 11.7. The predicted octanol–water partition coefficient (Wildman–Crippen LogP) is 4.23. The molecule has 134 valence electrons. The topological polar surface area (TPSA) is 67.4 Å². The molecule has 0 N–H and O–H groups in total. The monoisotopic (exact) mass is 377 g/mol. The Morgan fingerprint density at radius 1 is 1.23 bits per heavy atom. The maximum absolute atomic E-state index is 12.9. The van der Waals surface area contributed by atoms with Gasteiger partial charge in [0, 0.05) is 18.1 Å². The van der Waals surface area contributed by atoms with E-state index in [1.54, 1.807) is 29.6 Å². The molecular formula is C17H14F3N5S. The van der Waals surface area contributed by atoms with Crippen LogP contribution in [0.3, 0.4) is 0 Å². The standard InChI is InChI=1S/C17H14F3N5S/c1-3-26-13-6-10(4-5-21)8-23-15(13)16-24-11-7-14(17(18,19)20)22-9-12(11)25(16)2/h6-9H,3-4H2,1-2H3. The minimum absolute atomic E-state index is 0.208. The maximum Gasteiger partial charge on any atom is 0.433 e. The molecule has 0 bridgehead atoms. The number of rotatable bonds is 4. The van der Waals surface area contributed by atoms with Gasteiger partial charge in [0.05, 0.1) is 29.7 Å². The quantitative estimate of drug-likeness (QED) is 0.637. The van der Waals surface area contributed by atoms with Crippen molar-refractivity contribution < 1.29 is 13.2 Å². The van der Waals surface area contributed by atoms with Gasteiger partial charge >= 0.3 is 6.18 Å². The molecule has 3 rings (SSSR count). The summed E-state index contributed by atoms with van der Waals surface area (Å²) in [6.07, 6.45) is -1.51. The van der Waals surface area contributed by atoms with Gasteiger partial charge in [0.2, 0.25) is 0 Å². The van der Waals surface area contributed by atoms with Gasteiger partial charge in [0.1, 0.15) is 11.4 Å². The van der Waals surface area contributed by atoms with E-state index in [4.69, 9.17) is 5.26 Å². The Morgan fingerprint density at radius 3 is 2.65 bits per heavy atom. The molecule has 0 saturated heterocycles. The van der Waals surface area contributed by atoms with Gasteiger partial charge in [-0.1, -0.05) is 6.92 Å². The van der Waals surface area contributed by atoms with Gasteiger partial charge in [-0.25, -0.2) is 9.97 Å². The molecule has 0 fully saturated rings. The molecule has 0 aliphatic heterocycles. The van der Waals surface area contributed by atoms with Crippen molar-refractivity contribution in [1.82, 2.24) is 19.5 Å². The number of aromatic nitrogens is 4. The lowest BCUT2D eigenvalue weighted by Crippen LogP contribution is -2.07. The van der Waals surface area contributed by atoms with E-state index >= 15 is 0 Å². The maximum atomic E-state index is 12.9. The van der Waals surface area contributed by atoms with E-state index in [9.17, 15) is 13.2 Å². The van der Waals surface area contributed by atoms with Crippen molar-refractivity contribution in [3.05, 3.63) is 35.8 Å². The highest BCUT2D eigenvalue weighted by Gasteiger charge is 2.33. The molecule has 9 heteroatoms. The number of imidazole rings is 1. The number of hydrogen-bond donors (Lipinski definition) is 0. The number of nitriles is 1. The number of hydrogen-bond acceptors (Lipinski definition) is 5. The zero-order chi connectivity index (χ0) is 18.9. The fourth-order valence-corrected chi connectivity index (χ4v) is 3.39. The number of thioether (sulfide) groups is 1. The number of aryl methyl sites for hydroxylation is 1. The van der Waals surface area contributed by atoms with Gasteiger partial charge in [0.25, 0.3) is 0 Å². The van der Waals surface area contributed by atoms with E-state index < -0.39 is 11.9 Å². The van der Waals surface area contributed by atoms with E-state index in [1.807, 2.05) is 13.0 Å². The van der Waals surface area contributed by atoms with Gasteiger partial charge in [0.15, 0.2) is 5.82 Å². The molecule has 0 saturated carbocycles. The first-order valence-corrected chi connectivity index (χ1v) is 8.72. The van der Waals surface area contributed by atoms with Crippen LogP contribution in [0.25, 0.3) is 22.6 Å². The molecule has 0 unspecified atom stereocenters. The van der Waals surface area contributed by atoms with Crippen molar-refractivity contribution in [3.63, 3.8) is 0 Å². The molecule has 3 heterocycles. The fraction of sp³-hybridized carbons (Fsp3) is 0.294. The van der Waals surface area contributed by atoms with Crippen LogP contribution in [0.15, 0.2) is 29.4 Å². The third-order valence-corrected chi connectivity index (χ3v) is 4.67. The molecule has 0 radical (unpaired) electrons. The summed E-state index contributed by atoms with van der Waals surface area (Å²) in [5.74, 6) is 1.24. The number of alkyl halides is 3. The lowest BCUT2D eigenvalue weighted by molar-refractivity contribution is -0.141. The van der Waals surface area contributed by atoms with Crippen LogP contribution in [0.2, 0.25) is 0 Å². The minimum Gasteiger partial charge on any atom is -0.325 e. The number of pyridine rings is 2. The highest BCUT2D eigenvalue weighted by molar-refractivity contribution is 7.99. The van der Waals surface area contributed by atoms with Crippen LogP contribution < -0.4 is 0 Å². The Kier molecular flexibility index (Phi) is 4.87. The zero-order valence-corrected chi connectivity index (χ0v) is 14.8. The number of halogens is 3. The van der Waals surface area contributed by atoms with Gasteiger partial charge in [-0.3, -0.25) is 4.98 Å². The summed E-state index contributed by atoms with van der Waals surface area (Å²) in [6, 6.07) is 4.89. The minimum atomic E-state index is -4.52. The van der Waals surface area contributed by atoms with Crippen molar-refractivity contribution in [3.8, 4) is 17.6 Å². The average molecular weight is 377 g/mol. The van der Waals surface area contributed by atoms with Gasteiger partial charge in [-0.15, -0.1) is 11.8 Å². The summed E-state index contributed by atoms with van der Waals surface area (Å²) in [7, 11) is 1.71. The third-order valence-electron chi connectivity index (χ3n) is 3.76. The molecule has 0 aliphatic rings. The summed E-state index contributed by atoms with van der Waals surface area (Å²) >= 11 is 1.54. The lowest BCUT2D eigenvalue weighted by Gasteiger charge is -2.09. The first-order chi connectivity index (χ1) is 12.3. The summed E-state index contributed by atoms with van der Waals surface area (Å²) in [6.45, 7) is 1.99. The van der Waals surface area contributed by atoms with Crippen LogP contribution in [0, 0.1) is 11.3 Å². The van der Waals surface area contributed by atoms with Gasteiger partial charge in [-0.2, -0.15) is 18.4 Å². The third kappa shape index (κ3) is 3.37. The van der Waals surface area contributed by atoms with Crippen molar-refractivity contribution in [1.29, 1.82) is 5.26 Å². The van der Waals surface area contributed by atoms with E-state index in [2.05, 4.69) is 21.0 Å². The highest BCUT2D eigenvalue weighted by atomic mass is 32.2. The molecule has 5 nitrogen and oxygen atoms in total. The van der Waals surface area contributed by atoms with Crippen molar-refractivity contribution in [2.45, 2.75) is 24.4 Å². The molecule has 0 aliphatic carbocycles. The molecule has 3 aromatic rings. The molecular weight excluding hydrogens is 363 g/mol. The van der Waals surface area contributed by atoms with Crippen LogP contribution in [-0.4, -0.2) is 25.3 Å². The molecule has 0 aromatic carbocycles. The van der Waals surface area contributed by atoms with Crippen molar-refractivity contribution in [2.75, 3.05) is 5.75 Å². The van der Waals surface area contributed by atoms with Crippen molar-refractivity contribution in [2.24, 2.45) is 7.05 Å². The summed E-state index contributed by atoms with van der Waals surface area (Å²) in [4.78, 5) is 13.1. The SMILES string of the molecule is CCSc1cc(CC#N)cnc1-c1nc2cc(C(F)(F)F)ncc2n1C. The molecule has 0 amide bonds. The molecule has 26 heavy (non-hydrogen) atoms. The zero-order valence-electron chi connectivity index (χ0n) is 14.0. The molecule has 0 atom stereocenters. The number of nitrogens with zero attached hydrogens (tertiary/aromatic N) is 5. The predicted molar refractivity (Wildman–Crippen MR) is 92.5 cm³/mol. The summed E-state index contributed by atoms with van der Waals surface area (Å²) in [5.41, 5.74) is 1.08. The average Bonchev–Trinajstić information content (AvgIpc) is 2.91. The second kappa shape index (κ2) is 6.96. The van der Waals surface area contributed by atoms with E-state index in [1.165, 1.54) is 6.20 Å². The Hall–Kier alpha value is -2.60. The molecule has 3 aromatic heterocycles. The van der Waals surface area contributed by atoms with E-state index in [-0.39, 0.29) is 11.9 Å². The van der Waals surface area contributed by atoms with Crippen LogP contribution in [0.4, 0.5) is 13.2 Å². The second-order valence-corrected chi connectivity index (χ2v) is 6.81. The fourth-order valence-electron chi connectivity index (χ4n) is 2.56. The van der Waals surface area contributed by atoms with Crippen molar-refractivity contribution >= 4 is 22.8 Å². The largest absolute Gasteiger partial charge is 0.433 e. The Bertz CT molecular complexity index is 1000. The van der Waals surface area contributed by atoms with E-state index in [0.717, 1.165) is 22.3 Å². The molecule has 0 spiro atoms. The lowest BCUT2D eigenvalue weighted by atomic mass is 10.2. The Morgan fingerprint density at radius 2 is 2.00 bits per heavy atom. The van der Waals surface area contributed by atoms with Crippen LogP contribution in [0.1, 0.15) is 18.2 Å². The summed E-state index contributed by atoms with van der Waals surface area (Å²) < 4.78 is 40.3. The first-order valence-electron chi connectivity index (χ1n) is 7.73. The van der Waals surface area contributed by atoms with Crippen LogP contribution in [-0.2, 0) is 19.6 Å². The van der Waals surface area contributed by atoms with Gasteiger partial charge in [-0.05, 0) is 23.4 Å². The number of fused-ring (bicyclic) bond motifs is 1. The van der Waals surface area contributed by atoms with Crippen LogP contribution in [0.5, 0.6) is 0 Å². The second-order valence-electron chi connectivity index (χ2n) is 5.51. The summed E-state index contributed by atoms with van der Waals surface area (Å²) in [5, 5.41) is 8.86. The van der Waals surface area contributed by atoms with E-state index in [0.29, 0.717) is 17.0 Å². The smallest absolute Gasteiger partial charge is 0.325 e. The Balaban J connectivity index is 2.16. The van der Waals surface area contributed by atoms with Gasteiger partial charge < -0.3 is 4.57 Å².